The monoisotopic (exact) mass is 644 g/mol. The fourth-order valence-electron chi connectivity index (χ4n) is 5.41. The largest absolute Gasteiger partial charge is 0.453 e. The number of ketones is 1. The van der Waals surface area contributed by atoms with Gasteiger partial charge < -0.3 is 19.3 Å². The molecule has 0 radical (unpaired) electrons. The van der Waals surface area contributed by atoms with Crippen molar-refractivity contribution in [2.24, 2.45) is 0 Å². The number of hydrogen-bond donors (Lipinski definition) is 1. The van der Waals surface area contributed by atoms with Gasteiger partial charge in [0.25, 0.3) is 0 Å². The minimum absolute atomic E-state index is 0.0492. The average molecular weight is 645 g/mol. The number of amides is 2. The lowest BCUT2D eigenvalue weighted by Crippen LogP contribution is -2.48. The third kappa shape index (κ3) is 7.80. The highest BCUT2D eigenvalue weighted by molar-refractivity contribution is 5.92. The molecule has 2 fully saturated rings. The van der Waals surface area contributed by atoms with Crippen molar-refractivity contribution in [3.8, 4) is 11.4 Å². The SMILES string of the molecule is C/C=C\C(=O)CCC(=O)N1CCN(Cc2cc3c(N4CCOCC4)nc(-c4cnc(NC(=O)OC)cc4C(F)(F)F)nn3c2)CC1. The number of anilines is 2. The Labute approximate surface area is 263 Å². The van der Waals surface area contributed by atoms with E-state index in [1.807, 2.05) is 11.0 Å². The molecule has 3 aromatic heterocycles. The first-order chi connectivity index (χ1) is 22.0. The molecule has 0 saturated carbocycles. The van der Waals surface area contributed by atoms with Crippen LogP contribution < -0.4 is 10.2 Å². The zero-order chi connectivity index (χ0) is 32.8. The van der Waals surface area contributed by atoms with Crippen LogP contribution in [-0.4, -0.2) is 107 Å². The van der Waals surface area contributed by atoms with Gasteiger partial charge in [-0.2, -0.15) is 13.2 Å². The zero-order valence-corrected chi connectivity index (χ0v) is 25.5. The number of aromatic nitrogens is 4. The van der Waals surface area contributed by atoms with Crippen LogP contribution >= 0.6 is 0 Å². The van der Waals surface area contributed by atoms with Gasteiger partial charge in [-0.1, -0.05) is 6.08 Å². The fraction of sp³-hybridized carbons (Fsp3) is 0.467. The molecule has 2 amide bonds. The van der Waals surface area contributed by atoms with Gasteiger partial charge >= 0.3 is 12.3 Å². The van der Waals surface area contributed by atoms with Crippen LogP contribution in [0.3, 0.4) is 0 Å². The summed E-state index contributed by atoms with van der Waals surface area (Å²) in [5.74, 6) is -0.166. The van der Waals surface area contributed by atoms with Crippen molar-refractivity contribution in [3.05, 3.63) is 47.8 Å². The Hall–Kier alpha value is -4.57. The summed E-state index contributed by atoms with van der Waals surface area (Å²) in [4.78, 5) is 50.4. The number of nitrogens with one attached hydrogen (secondary N) is 1. The number of alkyl halides is 3. The van der Waals surface area contributed by atoms with Gasteiger partial charge in [-0.3, -0.25) is 19.8 Å². The lowest BCUT2D eigenvalue weighted by Gasteiger charge is -2.34. The Morgan fingerprint density at radius 1 is 1.07 bits per heavy atom. The Balaban J connectivity index is 1.39. The van der Waals surface area contributed by atoms with Crippen LogP contribution in [0, 0.1) is 0 Å². The number of carbonyl (C=O) groups is 3. The van der Waals surface area contributed by atoms with Crippen LogP contribution in [0.2, 0.25) is 0 Å². The van der Waals surface area contributed by atoms with E-state index in [1.165, 1.54) is 10.6 Å². The molecule has 0 aromatic carbocycles. The van der Waals surface area contributed by atoms with E-state index in [0.29, 0.717) is 70.4 Å². The normalized spacial score (nSPS) is 16.3. The number of pyridine rings is 1. The Bertz CT molecular complexity index is 1610. The molecule has 0 atom stereocenters. The predicted molar refractivity (Wildman–Crippen MR) is 161 cm³/mol. The lowest BCUT2D eigenvalue weighted by molar-refractivity contribution is -0.137. The maximum Gasteiger partial charge on any atom is 0.417 e. The molecule has 0 spiro atoms. The fourth-order valence-corrected chi connectivity index (χ4v) is 5.41. The predicted octanol–water partition coefficient (Wildman–Crippen LogP) is 3.39. The summed E-state index contributed by atoms with van der Waals surface area (Å²) in [6.45, 7) is 6.47. The molecule has 2 aliphatic heterocycles. The van der Waals surface area contributed by atoms with Crippen LogP contribution in [0.4, 0.5) is 29.6 Å². The molecule has 2 aliphatic rings. The number of fused-ring (bicyclic) bond motifs is 1. The Morgan fingerprint density at radius 2 is 1.80 bits per heavy atom. The van der Waals surface area contributed by atoms with Gasteiger partial charge in [0.05, 0.1) is 31.5 Å². The van der Waals surface area contributed by atoms with Crippen LogP contribution in [0.25, 0.3) is 16.9 Å². The smallest absolute Gasteiger partial charge is 0.417 e. The molecule has 0 unspecified atom stereocenters. The molecule has 13 nitrogen and oxygen atoms in total. The second-order valence-corrected chi connectivity index (χ2v) is 10.9. The molecular formula is C30H35F3N8O5. The van der Waals surface area contributed by atoms with Crippen molar-refractivity contribution in [3.63, 3.8) is 0 Å². The van der Waals surface area contributed by atoms with Crippen molar-refractivity contribution in [1.29, 1.82) is 0 Å². The number of piperazine rings is 1. The van der Waals surface area contributed by atoms with E-state index in [1.54, 1.807) is 24.1 Å². The minimum Gasteiger partial charge on any atom is -0.453 e. The summed E-state index contributed by atoms with van der Waals surface area (Å²) in [6, 6.07) is 2.64. The van der Waals surface area contributed by atoms with Gasteiger partial charge in [0.2, 0.25) is 5.91 Å². The summed E-state index contributed by atoms with van der Waals surface area (Å²) in [7, 11) is 1.09. The lowest BCUT2D eigenvalue weighted by atomic mass is 10.1. The van der Waals surface area contributed by atoms with Crippen molar-refractivity contribution in [1.82, 2.24) is 29.4 Å². The second kappa shape index (κ2) is 14.2. The van der Waals surface area contributed by atoms with E-state index in [4.69, 9.17) is 4.74 Å². The maximum absolute atomic E-state index is 14.2. The topological polar surface area (TPSA) is 134 Å². The standard InChI is InChI=1S/C30H35F3N8O5/c1-3-4-21(42)5-6-26(43)39-9-7-38(8-10-39)18-20-15-24-28(40-11-13-46-14-12-40)36-27(37-41(24)19-20)22-17-34-25(35-29(44)45-2)16-23(22)30(31,32)33/h3-4,15-17,19H,5-14,18H2,1-2H3,(H,34,35,44)/b4-3-. The van der Waals surface area contributed by atoms with Gasteiger partial charge in [0, 0.05) is 71.0 Å². The first kappa shape index (κ1) is 32.8. The molecule has 1 N–H and O–H groups in total. The molecule has 5 heterocycles. The summed E-state index contributed by atoms with van der Waals surface area (Å²) >= 11 is 0. The molecular weight excluding hydrogens is 609 g/mol. The van der Waals surface area contributed by atoms with E-state index < -0.39 is 17.8 Å². The highest BCUT2D eigenvalue weighted by Gasteiger charge is 2.36. The molecule has 16 heteroatoms. The van der Waals surface area contributed by atoms with E-state index in [-0.39, 0.29) is 41.7 Å². The number of ether oxygens (including phenoxy) is 2. The number of allylic oxidation sites excluding steroid dienone is 2. The Morgan fingerprint density at radius 3 is 2.48 bits per heavy atom. The number of nitrogens with zero attached hydrogens (tertiary/aromatic N) is 7. The molecule has 5 rings (SSSR count). The van der Waals surface area contributed by atoms with Gasteiger partial charge in [-0.05, 0) is 30.7 Å². The molecule has 0 aliphatic carbocycles. The maximum atomic E-state index is 14.2. The number of methoxy groups -OCH3 is 1. The van der Waals surface area contributed by atoms with Gasteiger partial charge in [-0.25, -0.2) is 19.3 Å². The summed E-state index contributed by atoms with van der Waals surface area (Å²) < 4.78 is 54.2. The van der Waals surface area contributed by atoms with E-state index in [0.717, 1.165) is 24.9 Å². The number of rotatable bonds is 9. The van der Waals surface area contributed by atoms with Crippen molar-refractivity contribution < 1.29 is 37.0 Å². The van der Waals surface area contributed by atoms with Crippen LogP contribution in [0.15, 0.2) is 36.7 Å². The zero-order valence-electron chi connectivity index (χ0n) is 25.5. The van der Waals surface area contributed by atoms with Crippen LogP contribution in [-0.2, 0) is 31.8 Å². The minimum atomic E-state index is -4.80. The summed E-state index contributed by atoms with van der Waals surface area (Å²) in [5, 5.41) is 6.63. The van der Waals surface area contributed by atoms with Crippen LogP contribution in [0.5, 0.6) is 0 Å². The Kier molecular flexibility index (Phi) is 10.2. The van der Waals surface area contributed by atoms with Crippen molar-refractivity contribution in [2.75, 3.05) is 69.8 Å². The second-order valence-electron chi connectivity index (χ2n) is 10.9. The summed E-state index contributed by atoms with van der Waals surface area (Å²) in [5.41, 5.74) is 0.102. The van der Waals surface area contributed by atoms with E-state index >= 15 is 0 Å². The van der Waals surface area contributed by atoms with Crippen molar-refractivity contribution >= 4 is 34.9 Å². The number of hydrogen-bond acceptors (Lipinski definition) is 10. The molecule has 0 bridgehead atoms. The highest BCUT2D eigenvalue weighted by atomic mass is 19.4. The third-order valence-corrected chi connectivity index (χ3v) is 7.75. The molecule has 46 heavy (non-hydrogen) atoms. The highest BCUT2D eigenvalue weighted by Crippen LogP contribution is 2.38. The van der Waals surface area contributed by atoms with Gasteiger partial charge in [-0.15, -0.1) is 5.10 Å². The van der Waals surface area contributed by atoms with E-state index in [9.17, 15) is 27.6 Å². The molecule has 246 valence electrons. The first-order valence-electron chi connectivity index (χ1n) is 14.9. The summed E-state index contributed by atoms with van der Waals surface area (Å²) in [6.07, 6.45) is 0.494. The van der Waals surface area contributed by atoms with E-state index in [2.05, 4.69) is 30.0 Å². The van der Waals surface area contributed by atoms with Crippen LogP contribution in [0.1, 0.15) is 30.9 Å². The molecule has 2 saturated heterocycles. The number of carbonyl (C=O) groups excluding carboxylic acids is 3. The number of halogens is 3. The number of morpholine rings is 1. The molecule has 3 aromatic rings. The van der Waals surface area contributed by atoms with Gasteiger partial charge in [0.15, 0.2) is 17.4 Å². The first-order valence-corrected chi connectivity index (χ1v) is 14.9. The van der Waals surface area contributed by atoms with Gasteiger partial charge in [0.1, 0.15) is 11.3 Å². The van der Waals surface area contributed by atoms with Crippen molar-refractivity contribution in [2.45, 2.75) is 32.5 Å². The third-order valence-electron chi connectivity index (χ3n) is 7.75. The average Bonchev–Trinajstić information content (AvgIpc) is 3.46. The quantitative estimate of drug-likeness (QED) is 0.346.